The molecule has 0 aliphatic rings. The van der Waals surface area contributed by atoms with Gasteiger partial charge in [-0.2, -0.15) is 0 Å². The van der Waals surface area contributed by atoms with Crippen molar-refractivity contribution in [1.82, 2.24) is 0 Å². The molecular weight excluding hydrogens is 249 g/mol. The Balaban J connectivity index is 0.000000293. The summed E-state index contributed by atoms with van der Waals surface area (Å²) in [6.07, 6.45) is 0.197. The molecule has 5 heteroatoms. The van der Waals surface area contributed by atoms with Crippen molar-refractivity contribution in [1.29, 1.82) is 0 Å². The van der Waals surface area contributed by atoms with Gasteiger partial charge in [-0.3, -0.25) is 9.59 Å². The quantitative estimate of drug-likeness (QED) is 0.672. The Kier molecular flexibility index (Phi) is 7.81. The minimum absolute atomic E-state index is 0.197. The zero-order chi connectivity index (χ0) is 12.6. The van der Waals surface area contributed by atoms with E-state index >= 15 is 0 Å². The van der Waals surface area contributed by atoms with Crippen LogP contribution in [-0.4, -0.2) is 11.0 Å². The number of hydrogen-bond donors (Lipinski definition) is 1. The molecule has 0 atom stereocenters. The Morgan fingerprint density at radius 3 is 2.12 bits per heavy atom. The molecule has 0 unspecified atom stereocenters. The lowest BCUT2D eigenvalue weighted by Gasteiger charge is -1.96. The van der Waals surface area contributed by atoms with Crippen LogP contribution in [0.1, 0.15) is 18.9 Å². The van der Waals surface area contributed by atoms with Gasteiger partial charge in [0.1, 0.15) is 0 Å². The Hall–Kier alpha value is -0.900. The van der Waals surface area contributed by atoms with Gasteiger partial charge in [0.15, 0.2) is 0 Å². The highest BCUT2D eigenvalue weighted by Gasteiger charge is 2.04. The number of carbonyl (C=O) groups excluding carboxylic acids is 2. The molecule has 0 bridgehead atoms. The molecule has 0 aromatic heterocycles. The molecule has 0 saturated carbocycles. The third kappa shape index (κ3) is 5.85. The summed E-state index contributed by atoms with van der Waals surface area (Å²) in [6, 6.07) is 7.57. The molecule has 1 aromatic carbocycles. The summed E-state index contributed by atoms with van der Waals surface area (Å²) in [5.74, 6) is -0.526. The molecule has 0 amide bonds. The third-order valence-electron chi connectivity index (χ3n) is 1.72. The largest absolute Gasteiger partial charge is 0.326 e. The molecule has 0 aliphatic carbocycles. The van der Waals surface area contributed by atoms with Crippen LogP contribution < -0.4 is 5.73 Å². The summed E-state index contributed by atoms with van der Waals surface area (Å²) >= 11 is 10.5. The molecule has 2 N–H and O–H groups in total. The summed E-state index contributed by atoms with van der Waals surface area (Å²) in [6.45, 7) is 2.10. The molecule has 3 nitrogen and oxygen atoms in total. The number of ketones is 1. The molecule has 1 rings (SSSR count). The standard InChI is InChI=1S/C7H8ClN.C4H5ClO2/c8-7-4-2-1-3-6(7)5-9;1-2-3(6)4(5)7/h1-4H,5,9H2;2H2,1H3. The average Bonchev–Trinajstić information content (AvgIpc) is 2.29. The number of hydrogen-bond acceptors (Lipinski definition) is 3. The zero-order valence-corrected chi connectivity index (χ0v) is 10.4. The molecule has 88 valence electrons. The van der Waals surface area contributed by atoms with E-state index in [1.165, 1.54) is 0 Å². The summed E-state index contributed by atoms with van der Waals surface area (Å²) in [5, 5.41) is -0.123. The normalized spacial score (nSPS) is 9.00. The number of Topliss-reactive ketones (excluding diaryl/α,β-unsaturated/α-hetero) is 1. The van der Waals surface area contributed by atoms with E-state index < -0.39 is 11.0 Å². The van der Waals surface area contributed by atoms with Crippen LogP contribution in [0.3, 0.4) is 0 Å². The molecule has 16 heavy (non-hydrogen) atoms. The maximum absolute atomic E-state index is 10.0. The smallest absolute Gasteiger partial charge is 0.288 e. The van der Waals surface area contributed by atoms with Crippen molar-refractivity contribution in [3.05, 3.63) is 34.9 Å². The fraction of sp³-hybridized carbons (Fsp3) is 0.273. The Bertz CT molecular complexity index is 367. The highest BCUT2D eigenvalue weighted by molar-refractivity contribution is 6.81. The molecule has 0 heterocycles. The van der Waals surface area contributed by atoms with Crippen LogP contribution >= 0.6 is 23.2 Å². The van der Waals surface area contributed by atoms with Crippen molar-refractivity contribution in [2.75, 3.05) is 0 Å². The highest BCUT2D eigenvalue weighted by atomic mass is 35.5. The van der Waals surface area contributed by atoms with E-state index in [9.17, 15) is 9.59 Å². The molecule has 0 saturated heterocycles. The minimum atomic E-state index is -0.873. The fourth-order valence-corrected chi connectivity index (χ4v) is 1.15. The lowest BCUT2D eigenvalue weighted by Crippen LogP contribution is -2.03. The van der Waals surface area contributed by atoms with Gasteiger partial charge in [-0.1, -0.05) is 36.7 Å². The number of rotatable bonds is 3. The van der Waals surface area contributed by atoms with Gasteiger partial charge < -0.3 is 5.73 Å². The average molecular weight is 262 g/mol. The van der Waals surface area contributed by atoms with Crippen LogP contribution in [0.5, 0.6) is 0 Å². The van der Waals surface area contributed by atoms with Crippen molar-refractivity contribution in [2.24, 2.45) is 5.73 Å². The first-order chi connectivity index (χ1) is 7.52. The lowest BCUT2D eigenvalue weighted by molar-refractivity contribution is -0.131. The molecular formula is C11H13Cl2NO2. The number of benzene rings is 1. The Morgan fingerprint density at radius 1 is 1.31 bits per heavy atom. The number of carbonyl (C=O) groups is 2. The van der Waals surface area contributed by atoms with E-state index in [1.54, 1.807) is 6.92 Å². The van der Waals surface area contributed by atoms with Gasteiger partial charge in [-0.05, 0) is 23.2 Å². The van der Waals surface area contributed by atoms with Gasteiger partial charge in [0, 0.05) is 18.0 Å². The molecule has 0 fully saturated rings. The van der Waals surface area contributed by atoms with E-state index in [1.807, 2.05) is 24.3 Å². The van der Waals surface area contributed by atoms with E-state index in [0.717, 1.165) is 10.6 Å². The van der Waals surface area contributed by atoms with Crippen LogP contribution in [0.4, 0.5) is 0 Å². The second kappa shape index (κ2) is 8.28. The van der Waals surface area contributed by atoms with Crippen molar-refractivity contribution in [3.8, 4) is 0 Å². The maximum Gasteiger partial charge on any atom is 0.288 e. The van der Waals surface area contributed by atoms with Crippen molar-refractivity contribution in [3.63, 3.8) is 0 Å². The van der Waals surface area contributed by atoms with Crippen LogP contribution in [0.15, 0.2) is 24.3 Å². The molecule has 0 spiro atoms. The maximum atomic E-state index is 10.0. The minimum Gasteiger partial charge on any atom is -0.326 e. The Morgan fingerprint density at radius 2 is 1.88 bits per heavy atom. The Labute approximate surface area is 105 Å². The van der Waals surface area contributed by atoms with Gasteiger partial charge in [-0.25, -0.2) is 0 Å². The van der Waals surface area contributed by atoms with Gasteiger partial charge in [0.25, 0.3) is 5.24 Å². The van der Waals surface area contributed by atoms with E-state index in [4.69, 9.17) is 28.9 Å². The fourth-order valence-electron chi connectivity index (χ4n) is 0.803. The highest BCUT2D eigenvalue weighted by Crippen LogP contribution is 2.12. The summed E-state index contributed by atoms with van der Waals surface area (Å²) in [7, 11) is 0. The first-order valence-electron chi connectivity index (χ1n) is 4.69. The lowest BCUT2D eigenvalue weighted by atomic mass is 10.2. The van der Waals surface area contributed by atoms with Crippen molar-refractivity contribution < 1.29 is 9.59 Å². The van der Waals surface area contributed by atoms with E-state index in [-0.39, 0.29) is 6.42 Å². The van der Waals surface area contributed by atoms with Gasteiger partial charge in [0.2, 0.25) is 5.78 Å². The predicted octanol–water partition coefficient (Wildman–Crippen LogP) is 2.53. The van der Waals surface area contributed by atoms with Crippen LogP contribution in [0.2, 0.25) is 5.02 Å². The molecule has 1 aromatic rings. The predicted molar refractivity (Wildman–Crippen MR) is 65.5 cm³/mol. The second-order valence-corrected chi connectivity index (χ2v) is 3.60. The van der Waals surface area contributed by atoms with Gasteiger partial charge >= 0.3 is 0 Å². The van der Waals surface area contributed by atoms with E-state index in [0.29, 0.717) is 6.54 Å². The zero-order valence-electron chi connectivity index (χ0n) is 8.87. The van der Waals surface area contributed by atoms with Crippen LogP contribution in [0.25, 0.3) is 0 Å². The topological polar surface area (TPSA) is 60.2 Å². The number of halogens is 2. The second-order valence-electron chi connectivity index (χ2n) is 2.85. The summed E-state index contributed by atoms with van der Waals surface area (Å²) < 4.78 is 0. The first-order valence-corrected chi connectivity index (χ1v) is 5.44. The van der Waals surface area contributed by atoms with Crippen molar-refractivity contribution in [2.45, 2.75) is 19.9 Å². The molecule has 0 aliphatic heterocycles. The SMILES string of the molecule is CCC(=O)C(=O)Cl.NCc1ccccc1Cl. The summed E-state index contributed by atoms with van der Waals surface area (Å²) in [4.78, 5) is 19.8. The van der Waals surface area contributed by atoms with Gasteiger partial charge in [0.05, 0.1) is 0 Å². The van der Waals surface area contributed by atoms with Crippen molar-refractivity contribution >= 4 is 34.2 Å². The number of nitrogens with two attached hydrogens (primary N) is 1. The molecule has 0 radical (unpaired) electrons. The summed E-state index contributed by atoms with van der Waals surface area (Å²) in [5.41, 5.74) is 6.37. The third-order valence-corrected chi connectivity index (χ3v) is 2.30. The van der Waals surface area contributed by atoms with Crippen LogP contribution in [0, 0.1) is 0 Å². The van der Waals surface area contributed by atoms with Gasteiger partial charge in [-0.15, -0.1) is 0 Å². The van der Waals surface area contributed by atoms with E-state index in [2.05, 4.69) is 0 Å². The first kappa shape index (κ1) is 15.1. The monoisotopic (exact) mass is 261 g/mol. The van der Waals surface area contributed by atoms with Crippen LogP contribution in [-0.2, 0) is 16.1 Å².